The van der Waals surface area contributed by atoms with Crippen molar-refractivity contribution < 1.29 is 4.42 Å². The molecule has 4 rings (SSSR count). The molecule has 0 saturated heterocycles. The van der Waals surface area contributed by atoms with E-state index < -0.39 is 0 Å². The van der Waals surface area contributed by atoms with Crippen molar-refractivity contribution in [2.75, 3.05) is 5.32 Å². The molecule has 0 spiro atoms. The van der Waals surface area contributed by atoms with Crippen molar-refractivity contribution >= 4 is 44.6 Å². The lowest BCUT2D eigenvalue weighted by molar-refractivity contribution is 0.569. The Balaban J connectivity index is 2.21. The molecule has 23 heavy (non-hydrogen) atoms. The molecule has 1 aliphatic rings. The zero-order chi connectivity index (χ0) is 16.4. The fourth-order valence-electron chi connectivity index (χ4n) is 3.52. The van der Waals surface area contributed by atoms with Crippen molar-refractivity contribution in [3.05, 3.63) is 57.4 Å². The lowest BCUT2D eigenvalue weighted by Gasteiger charge is -2.31. The number of hydrogen-bond acceptors (Lipinski definition) is 3. The van der Waals surface area contributed by atoms with Crippen LogP contribution >= 0.6 is 11.6 Å². The van der Waals surface area contributed by atoms with E-state index in [1.165, 1.54) is 0 Å². The Kier molecular flexibility index (Phi) is 2.88. The molecule has 2 aromatic carbocycles. The molecule has 0 unspecified atom stereocenters. The van der Waals surface area contributed by atoms with Gasteiger partial charge in [-0.05, 0) is 38.5 Å². The summed E-state index contributed by atoms with van der Waals surface area (Å²) < 4.78 is 5.53. The van der Waals surface area contributed by atoms with Gasteiger partial charge in [0.25, 0.3) is 0 Å². The van der Waals surface area contributed by atoms with Gasteiger partial charge in [0.05, 0.1) is 15.9 Å². The summed E-state index contributed by atoms with van der Waals surface area (Å²) in [7, 11) is 0. The minimum absolute atomic E-state index is 0.148. The van der Waals surface area contributed by atoms with Crippen molar-refractivity contribution in [2.24, 2.45) is 0 Å². The molecule has 1 aromatic heterocycles. The van der Waals surface area contributed by atoms with Gasteiger partial charge in [-0.2, -0.15) is 0 Å². The van der Waals surface area contributed by atoms with Gasteiger partial charge in [0.1, 0.15) is 0 Å². The van der Waals surface area contributed by atoms with Crippen molar-refractivity contribution in [1.29, 1.82) is 0 Å². The molecule has 1 aliphatic heterocycles. The van der Waals surface area contributed by atoms with Gasteiger partial charge in [0.2, 0.25) is 0 Å². The summed E-state index contributed by atoms with van der Waals surface area (Å²) in [4.78, 5) is 12.6. The van der Waals surface area contributed by atoms with Gasteiger partial charge < -0.3 is 9.73 Å². The number of anilines is 1. The second-order valence-corrected chi connectivity index (χ2v) is 7.00. The molecule has 4 heteroatoms. The molecule has 3 aromatic rings. The first kappa shape index (κ1) is 14.3. The molecule has 116 valence electrons. The first-order valence-electron chi connectivity index (χ1n) is 7.53. The molecule has 0 amide bonds. The van der Waals surface area contributed by atoms with Gasteiger partial charge in [-0.1, -0.05) is 35.9 Å². The first-order valence-corrected chi connectivity index (χ1v) is 7.91. The van der Waals surface area contributed by atoms with Crippen molar-refractivity contribution in [1.82, 2.24) is 0 Å². The van der Waals surface area contributed by atoms with Crippen LogP contribution in [0.5, 0.6) is 0 Å². The Bertz CT molecular complexity index is 1060. The second kappa shape index (κ2) is 4.62. The zero-order valence-electron chi connectivity index (χ0n) is 13.2. The zero-order valence-corrected chi connectivity index (χ0v) is 13.9. The third-order valence-corrected chi connectivity index (χ3v) is 4.59. The third kappa shape index (κ3) is 2.07. The van der Waals surface area contributed by atoms with Crippen LogP contribution in [-0.2, 0) is 0 Å². The van der Waals surface area contributed by atoms with Gasteiger partial charge in [0, 0.05) is 22.0 Å². The molecular formula is C19H16ClNO2. The van der Waals surface area contributed by atoms with Crippen LogP contribution in [0.25, 0.3) is 27.3 Å². The molecule has 0 atom stereocenters. The predicted molar refractivity (Wildman–Crippen MR) is 96.4 cm³/mol. The van der Waals surface area contributed by atoms with E-state index in [-0.39, 0.29) is 11.2 Å². The van der Waals surface area contributed by atoms with Crippen molar-refractivity contribution in [3.8, 4) is 0 Å². The molecule has 0 aliphatic carbocycles. The van der Waals surface area contributed by atoms with Gasteiger partial charge in [0.15, 0.2) is 5.58 Å². The SMILES string of the molecule is CC1=CC(C)(C)Nc2ccc3c(c21)c(=O)oc1c(Cl)cccc13. The average molecular weight is 326 g/mol. The number of para-hydroxylation sites is 1. The average Bonchev–Trinajstić information content (AvgIpc) is 2.46. The largest absolute Gasteiger partial charge is 0.421 e. The normalized spacial score (nSPS) is 16.1. The lowest BCUT2D eigenvalue weighted by atomic mass is 9.88. The van der Waals surface area contributed by atoms with Crippen molar-refractivity contribution in [2.45, 2.75) is 26.3 Å². The Labute approximate surface area is 138 Å². The number of fused-ring (bicyclic) bond motifs is 5. The van der Waals surface area contributed by atoms with Crippen LogP contribution < -0.4 is 10.9 Å². The molecule has 2 heterocycles. The summed E-state index contributed by atoms with van der Waals surface area (Å²) in [5.41, 5.74) is 2.88. The topological polar surface area (TPSA) is 42.2 Å². The van der Waals surface area contributed by atoms with Gasteiger partial charge in [-0.25, -0.2) is 4.79 Å². The number of halogens is 1. The fourth-order valence-corrected chi connectivity index (χ4v) is 3.73. The summed E-state index contributed by atoms with van der Waals surface area (Å²) in [6.45, 7) is 6.24. The summed E-state index contributed by atoms with van der Waals surface area (Å²) in [6, 6.07) is 9.51. The Hall–Kier alpha value is -2.26. The highest BCUT2D eigenvalue weighted by Crippen LogP contribution is 2.39. The maximum Gasteiger partial charge on any atom is 0.344 e. The van der Waals surface area contributed by atoms with Crippen molar-refractivity contribution in [3.63, 3.8) is 0 Å². The molecule has 0 radical (unpaired) electrons. The number of allylic oxidation sites excluding steroid dienone is 1. The van der Waals surface area contributed by atoms with E-state index in [0.717, 1.165) is 27.6 Å². The number of hydrogen-bond donors (Lipinski definition) is 1. The molecule has 3 nitrogen and oxygen atoms in total. The molecule has 0 bridgehead atoms. The van der Waals surface area contributed by atoms with Crippen LogP contribution in [0.4, 0.5) is 5.69 Å². The Morgan fingerprint density at radius 1 is 1.13 bits per heavy atom. The van der Waals surface area contributed by atoms with Crippen LogP contribution in [0, 0.1) is 0 Å². The summed E-state index contributed by atoms with van der Waals surface area (Å²) in [5, 5.41) is 6.24. The van der Waals surface area contributed by atoms with E-state index in [0.29, 0.717) is 16.0 Å². The summed E-state index contributed by atoms with van der Waals surface area (Å²) >= 11 is 6.18. The first-order chi connectivity index (χ1) is 10.9. The maximum absolute atomic E-state index is 12.6. The van der Waals surface area contributed by atoms with E-state index >= 15 is 0 Å². The predicted octanol–water partition coefficient (Wildman–Crippen LogP) is 5.21. The Morgan fingerprint density at radius 2 is 1.91 bits per heavy atom. The van der Waals surface area contributed by atoms with Gasteiger partial charge >= 0.3 is 5.63 Å². The minimum atomic E-state index is -0.355. The highest BCUT2D eigenvalue weighted by molar-refractivity contribution is 6.35. The van der Waals surface area contributed by atoms with Gasteiger partial charge in [-0.15, -0.1) is 0 Å². The third-order valence-electron chi connectivity index (χ3n) is 4.29. The smallest absolute Gasteiger partial charge is 0.344 e. The summed E-state index contributed by atoms with van der Waals surface area (Å²) in [6.07, 6.45) is 2.14. The van der Waals surface area contributed by atoms with Gasteiger partial charge in [-0.3, -0.25) is 0 Å². The number of rotatable bonds is 0. The molecule has 0 saturated carbocycles. The van der Waals surface area contributed by atoms with E-state index in [9.17, 15) is 4.79 Å². The summed E-state index contributed by atoms with van der Waals surface area (Å²) in [5.74, 6) is 0. The second-order valence-electron chi connectivity index (χ2n) is 6.59. The lowest BCUT2D eigenvalue weighted by Crippen LogP contribution is -2.31. The van der Waals surface area contributed by atoms with E-state index in [4.69, 9.17) is 16.0 Å². The van der Waals surface area contributed by atoms with Crippen LogP contribution in [0.3, 0.4) is 0 Å². The Morgan fingerprint density at radius 3 is 2.70 bits per heavy atom. The fraction of sp³-hybridized carbons (Fsp3) is 0.211. The standard InChI is InChI=1S/C19H16ClNO2/c1-10-9-19(2,3)21-14-8-7-11-12-5-4-6-13(20)17(12)23-18(22)16(11)15(10)14/h4-9,21H,1-3H3. The number of benzene rings is 2. The molecular weight excluding hydrogens is 310 g/mol. The molecule has 1 N–H and O–H groups in total. The number of nitrogens with one attached hydrogen (secondary N) is 1. The highest BCUT2D eigenvalue weighted by atomic mass is 35.5. The van der Waals surface area contributed by atoms with E-state index in [1.54, 1.807) is 6.07 Å². The van der Waals surface area contributed by atoms with Crippen LogP contribution in [0.2, 0.25) is 5.02 Å². The van der Waals surface area contributed by atoms with Crippen LogP contribution in [-0.4, -0.2) is 5.54 Å². The van der Waals surface area contributed by atoms with E-state index in [2.05, 4.69) is 25.2 Å². The molecule has 0 fully saturated rings. The highest BCUT2D eigenvalue weighted by Gasteiger charge is 2.25. The monoisotopic (exact) mass is 325 g/mol. The van der Waals surface area contributed by atoms with Crippen LogP contribution in [0.1, 0.15) is 26.3 Å². The van der Waals surface area contributed by atoms with E-state index in [1.807, 2.05) is 31.2 Å². The van der Waals surface area contributed by atoms with Crippen LogP contribution in [0.15, 0.2) is 45.6 Å². The minimum Gasteiger partial charge on any atom is -0.421 e. The quantitative estimate of drug-likeness (QED) is 0.456. The maximum atomic E-state index is 12.6.